The third-order valence-electron chi connectivity index (χ3n) is 2.64. The maximum absolute atomic E-state index is 11.5. The largest absolute Gasteiger partial charge is 0.330 e. The third kappa shape index (κ3) is 5.52. The lowest BCUT2D eigenvalue weighted by molar-refractivity contribution is -0.116. The molecule has 0 aliphatic rings. The molecule has 0 aliphatic carbocycles. The van der Waals surface area contributed by atoms with E-state index in [0.717, 1.165) is 12.1 Å². The molecular formula is C14H23ClN2O. The molecule has 1 aromatic rings. The van der Waals surface area contributed by atoms with Crippen LogP contribution in [0.15, 0.2) is 24.3 Å². The van der Waals surface area contributed by atoms with Crippen LogP contribution in [-0.2, 0) is 10.2 Å². The number of nitrogens with two attached hydrogens (primary N) is 1. The average molecular weight is 271 g/mol. The van der Waals surface area contributed by atoms with E-state index in [1.54, 1.807) is 0 Å². The van der Waals surface area contributed by atoms with Crippen molar-refractivity contribution >= 4 is 24.0 Å². The third-order valence-corrected chi connectivity index (χ3v) is 2.64. The molecule has 3 N–H and O–H groups in total. The maximum Gasteiger partial charge on any atom is 0.224 e. The lowest BCUT2D eigenvalue weighted by Gasteiger charge is -2.19. The van der Waals surface area contributed by atoms with Gasteiger partial charge in [0.05, 0.1) is 0 Å². The first-order valence-electron chi connectivity index (χ1n) is 6.04. The number of benzene rings is 1. The normalized spacial score (nSPS) is 10.7. The van der Waals surface area contributed by atoms with Gasteiger partial charge in [0, 0.05) is 12.1 Å². The van der Waals surface area contributed by atoms with Crippen LogP contribution >= 0.6 is 12.4 Å². The summed E-state index contributed by atoms with van der Waals surface area (Å²) in [5.74, 6) is 0.0268. The van der Waals surface area contributed by atoms with Crippen LogP contribution < -0.4 is 11.1 Å². The predicted molar refractivity (Wildman–Crippen MR) is 79.3 cm³/mol. The smallest absolute Gasteiger partial charge is 0.224 e. The van der Waals surface area contributed by atoms with Gasteiger partial charge in [-0.25, -0.2) is 0 Å². The first kappa shape index (κ1) is 16.9. The number of amides is 1. The van der Waals surface area contributed by atoms with Gasteiger partial charge in [-0.15, -0.1) is 12.4 Å². The molecule has 0 atom stereocenters. The first-order valence-corrected chi connectivity index (χ1v) is 6.04. The molecule has 1 rings (SSSR count). The van der Waals surface area contributed by atoms with Crippen LogP contribution in [0, 0.1) is 0 Å². The highest BCUT2D eigenvalue weighted by atomic mass is 35.5. The van der Waals surface area contributed by atoms with Crippen molar-refractivity contribution in [3.8, 4) is 0 Å². The van der Waals surface area contributed by atoms with E-state index in [0.29, 0.717) is 13.0 Å². The molecule has 1 amide bonds. The van der Waals surface area contributed by atoms with Crippen LogP contribution in [-0.4, -0.2) is 12.5 Å². The second-order valence-electron chi connectivity index (χ2n) is 5.27. The van der Waals surface area contributed by atoms with E-state index in [9.17, 15) is 4.79 Å². The van der Waals surface area contributed by atoms with Crippen LogP contribution in [0.3, 0.4) is 0 Å². The first-order chi connectivity index (χ1) is 7.93. The molecule has 0 heterocycles. The number of rotatable bonds is 4. The van der Waals surface area contributed by atoms with Crippen LogP contribution in [0.4, 0.5) is 5.69 Å². The molecule has 18 heavy (non-hydrogen) atoms. The minimum absolute atomic E-state index is 0. The topological polar surface area (TPSA) is 55.1 Å². The average Bonchev–Trinajstić information content (AvgIpc) is 2.26. The highest BCUT2D eigenvalue weighted by molar-refractivity contribution is 5.90. The molecular weight excluding hydrogens is 248 g/mol. The molecule has 0 aromatic heterocycles. The van der Waals surface area contributed by atoms with E-state index < -0.39 is 0 Å². The van der Waals surface area contributed by atoms with Gasteiger partial charge in [-0.05, 0) is 36.1 Å². The molecule has 0 radical (unpaired) electrons. The highest BCUT2D eigenvalue weighted by Gasteiger charge is 2.12. The Kier molecular flexibility index (Phi) is 6.96. The Morgan fingerprint density at radius 2 is 1.78 bits per heavy atom. The summed E-state index contributed by atoms with van der Waals surface area (Å²) in [6.07, 6.45) is 1.21. The Hall–Kier alpha value is -1.06. The Morgan fingerprint density at radius 3 is 2.22 bits per heavy atom. The van der Waals surface area contributed by atoms with E-state index >= 15 is 0 Å². The number of hydrogen-bond acceptors (Lipinski definition) is 2. The summed E-state index contributed by atoms with van der Waals surface area (Å²) < 4.78 is 0. The van der Waals surface area contributed by atoms with Gasteiger partial charge in [-0.1, -0.05) is 32.9 Å². The van der Waals surface area contributed by atoms with Gasteiger partial charge >= 0.3 is 0 Å². The Bertz CT molecular complexity index is 368. The standard InChI is InChI=1S/C14H22N2O.ClH/c1-14(2,3)11-6-8-12(9-7-11)16-13(17)5-4-10-15;/h6-9H,4-5,10,15H2,1-3H3,(H,16,17);1H. The van der Waals surface area contributed by atoms with Gasteiger partial charge in [0.25, 0.3) is 0 Å². The van der Waals surface area contributed by atoms with Crippen molar-refractivity contribution in [1.82, 2.24) is 0 Å². The van der Waals surface area contributed by atoms with E-state index in [-0.39, 0.29) is 23.7 Å². The van der Waals surface area contributed by atoms with E-state index in [2.05, 4.69) is 38.2 Å². The predicted octanol–water partition coefficient (Wildman–Crippen LogP) is 3.08. The lowest BCUT2D eigenvalue weighted by Crippen LogP contribution is -2.14. The van der Waals surface area contributed by atoms with Crippen molar-refractivity contribution in [1.29, 1.82) is 0 Å². The zero-order valence-electron chi connectivity index (χ0n) is 11.3. The summed E-state index contributed by atoms with van der Waals surface area (Å²) in [4.78, 5) is 11.5. The zero-order valence-corrected chi connectivity index (χ0v) is 12.1. The summed E-state index contributed by atoms with van der Waals surface area (Å²) >= 11 is 0. The fraction of sp³-hybridized carbons (Fsp3) is 0.500. The van der Waals surface area contributed by atoms with Gasteiger partial charge in [-0.3, -0.25) is 4.79 Å². The maximum atomic E-state index is 11.5. The molecule has 1 aromatic carbocycles. The van der Waals surface area contributed by atoms with Crippen molar-refractivity contribution in [2.45, 2.75) is 39.0 Å². The Morgan fingerprint density at radius 1 is 1.22 bits per heavy atom. The van der Waals surface area contributed by atoms with E-state index in [4.69, 9.17) is 5.73 Å². The molecule has 0 spiro atoms. The zero-order chi connectivity index (χ0) is 12.9. The summed E-state index contributed by atoms with van der Waals surface area (Å²) in [6.45, 7) is 7.06. The van der Waals surface area contributed by atoms with Crippen molar-refractivity contribution in [2.24, 2.45) is 5.73 Å². The quantitative estimate of drug-likeness (QED) is 0.883. The highest BCUT2D eigenvalue weighted by Crippen LogP contribution is 2.23. The summed E-state index contributed by atoms with van der Waals surface area (Å²) in [6, 6.07) is 8.00. The van der Waals surface area contributed by atoms with Gasteiger partial charge in [0.1, 0.15) is 0 Å². The monoisotopic (exact) mass is 270 g/mol. The molecule has 4 heteroatoms. The summed E-state index contributed by atoms with van der Waals surface area (Å²) in [5.41, 5.74) is 7.61. The van der Waals surface area contributed by atoms with E-state index in [1.165, 1.54) is 5.56 Å². The van der Waals surface area contributed by atoms with Crippen molar-refractivity contribution < 1.29 is 4.79 Å². The van der Waals surface area contributed by atoms with Crippen LogP contribution in [0.25, 0.3) is 0 Å². The Balaban J connectivity index is 0.00000289. The minimum atomic E-state index is 0. The molecule has 0 fully saturated rings. The second kappa shape index (κ2) is 7.39. The van der Waals surface area contributed by atoms with Crippen LogP contribution in [0.1, 0.15) is 39.2 Å². The fourth-order valence-electron chi connectivity index (χ4n) is 1.54. The number of halogens is 1. The van der Waals surface area contributed by atoms with Gasteiger partial charge in [-0.2, -0.15) is 0 Å². The molecule has 102 valence electrons. The van der Waals surface area contributed by atoms with Crippen LogP contribution in [0.5, 0.6) is 0 Å². The second-order valence-corrected chi connectivity index (χ2v) is 5.27. The Labute approximate surface area is 116 Å². The number of anilines is 1. The summed E-state index contributed by atoms with van der Waals surface area (Å²) in [5, 5.41) is 2.86. The van der Waals surface area contributed by atoms with Crippen molar-refractivity contribution in [3.05, 3.63) is 29.8 Å². The summed E-state index contributed by atoms with van der Waals surface area (Å²) in [7, 11) is 0. The molecule has 0 bridgehead atoms. The molecule has 0 aliphatic heterocycles. The number of hydrogen-bond donors (Lipinski definition) is 2. The molecule has 0 saturated heterocycles. The number of carbonyl (C=O) groups excluding carboxylic acids is 1. The molecule has 0 saturated carbocycles. The van der Waals surface area contributed by atoms with Crippen molar-refractivity contribution in [3.63, 3.8) is 0 Å². The lowest BCUT2D eigenvalue weighted by atomic mass is 9.87. The SMILES string of the molecule is CC(C)(C)c1ccc(NC(=O)CCCN)cc1.Cl. The van der Waals surface area contributed by atoms with Gasteiger partial charge in [0.2, 0.25) is 5.91 Å². The van der Waals surface area contributed by atoms with Gasteiger partial charge in [0.15, 0.2) is 0 Å². The fourth-order valence-corrected chi connectivity index (χ4v) is 1.54. The van der Waals surface area contributed by atoms with Crippen molar-refractivity contribution in [2.75, 3.05) is 11.9 Å². The molecule has 3 nitrogen and oxygen atoms in total. The van der Waals surface area contributed by atoms with Gasteiger partial charge < -0.3 is 11.1 Å². The number of carbonyl (C=O) groups is 1. The minimum Gasteiger partial charge on any atom is -0.330 e. The molecule has 0 unspecified atom stereocenters. The van der Waals surface area contributed by atoms with E-state index in [1.807, 2.05) is 12.1 Å². The van der Waals surface area contributed by atoms with Crippen LogP contribution in [0.2, 0.25) is 0 Å². The number of nitrogens with one attached hydrogen (secondary N) is 1.